The van der Waals surface area contributed by atoms with E-state index in [2.05, 4.69) is 67.0 Å². The number of unbranched alkanes of at least 4 members (excludes halogenated alkanes) is 3. The number of aliphatic hydroxyl groups is 1. The topological polar surface area (TPSA) is 223 Å². The summed E-state index contributed by atoms with van der Waals surface area (Å²) in [6, 6.07) is 9.39. The van der Waals surface area contributed by atoms with Gasteiger partial charge >= 0.3 is 0 Å². The van der Waals surface area contributed by atoms with Gasteiger partial charge in [0.15, 0.2) is 28.8 Å². The second-order valence-corrected chi connectivity index (χ2v) is 24.3. The molecule has 2 aromatic carbocycles. The van der Waals surface area contributed by atoms with Crippen molar-refractivity contribution in [1.29, 1.82) is 0 Å². The van der Waals surface area contributed by atoms with E-state index >= 15 is 0 Å². The quantitative estimate of drug-likeness (QED) is 0.0121. The van der Waals surface area contributed by atoms with Gasteiger partial charge in [0, 0.05) is 57.2 Å². The van der Waals surface area contributed by atoms with Crippen LogP contribution in [0.25, 0.3) is 12.2 Å². The average molecular weight is 1120 g/mol. The SMILES string of the molecule is COc1cc(/C=C/C(=O)/C(Cc2cn(CCCCCCNC(=O)CCNC(=O)CCNC(=O)CO[C@H]3CC[C@@]4(C)C(=CC[C@H]5[C@@H]6CC[C@H]([C@H](C)CCCC(C)C)[C@@]6(C)CC[C@@H]54)C3)nn2)=C(O)\C=C\c2ccc(O)c(OC)c2)ccc1O. The van der Waals surface area contributed by atoms with Crippen LogP contribution >= 0.6 is 0 Å². The van der Waals surface area contributed by atoms with Crippen LogP contribution in [0.3, 0.4) is 0 Å². The van der Waals surface area contributed by atoms with E-state index in [0.29, 0.717) is 35.3 Å². The molecule has 16 heteroatoms. The third-order valence-electron chi connectivity index (χ3n) is 18.5. The normalized spacial score (nSPS) is 24.0. The number of fused-ring (bicyclic) bond motifs is 5. The van der Waals surface area contributed by atoms with Crippen molar-refractivity contribution in [1.82, 2.24) is 30.9 Å². The van der Waals surface area contributed by atoms with Gasteiger partial charge < -0.3 is 45.5 Å². The molecule has 4 aliphatic rings. The van der Waals surface area contributed by atoms with Crippen LogP contribution in [-0.4, -0.2) is 100 Å². The zero-order valence-electron chi connectivity index (χ0n) is 49.3. The molecule has 1 heterocycles. The predicted octanol–water partition coefficient (Wildman–Crippen LogP) is 11.2. The molecule has 3 aromatic rings. The van der Waals surface area contributed by atoms with Crippen molar-refractivity contribution in [3.8, 4) is 23.0 Å². The number of rotatable bonds is 30. The molecule has 6 N–H and O–H groups in total. The average Bonchev–Trinajstić information content (AvgIpc) is 4.28. The third-order valence-corrected chi connectivity index (χ3v) is 18.5. The van der Waals surface area contributed by atoms with Crippen LogP contribution in [0.1, 0.15) is 161 Å². The number of benzene rings is 2. The van der Waals surface area contributed by atoms with Crippen molar-refractivity contribution >= 4 is 35.7 Å². The number of ether oxygens (including phenoxy) is 3. The number of hydrogen-bond donors (Lipinski definition) is 6. The summed E-state index contributed by atoms with van der Waals surface area (Å²) in [7, 11) is 2.87. The fourth-order valence-electron chi connectivity index (χ4n) is 14.0. The van der Waals surface area contributed by atoms with E-state index in [9.17, 15) is 34.5 Å². The zero-order chi connectivity index (χ0) is 58.1. The van der Waals surface area contributed by atoms with Crippen LogP contribution in [0, 0.1) is 46.3 Å². The minimum Gasteiger partial charge on any atom is -0.508 e. The monoisotopic (exact) mass is 1120 g/mol. The fourth-order valence-corrected chi connectivity index (χ4v) is 14.0. The van der Waals surface area contributed by atoms with Crippen molar-refractivity contribution < 1.29 is 48.7 Å². The van der Waals surface area contributed by atoms with Crippen LogP contribution < -0.4 is 25.4 Å². The van der Waals surface area contributed by atoms with Crippen molar-refractivity contribution in [3.05, 3.63) is 94.5 Å². The summed E-state index contributed by atoms with van der Waals surface area (Å²) in [5.41, 5.74) is 4.04. The highest BCUT2D eigenvalue weighted by Gasteiger charge is 2.59. The molecule has 4 aliphatic carbocycles. The number of hydrogen-bond acceptors (Lipinski definition) is 12. The van der Waals surface area contributed by atoms with Crippen LogP contribution in [0.15, 0.2) is 77.7 Å². The van der Waals surface area contributed by atoms with Crippen molar-refractivity contribution in [2.24, 2.45) is 46.3 Å². The Bertz CT molecular complexity index is 2750. The largest absolute Gasteiger partial charge is 0.508 e. The predicted molar refractivity (Wildman–Crippen MR) is 315 cm³/mol. The van der Waals surface area contributed by atoms with E-state index in [1.54, 1.807) is 52.9 Å². The van der Waals surface area contributed by atoms with E-state index in [-0.39, 0.29) is 103 Å². The molecule has 0 saturated heterocycles. The Hall–Kier alpha value is -6.42. The van der Waals surface area contributed by atoms with Gasteiger partial charge in [-0.05, 0) is 158 Å². The first-order chi connectivity index (χ1) is 38.9. The number of phenols is 2. The van der Waals surface area contributed by atoms with Crippen LogP contribution in [-0.2, 0) is 36.9 Å². The van der Waals surface area contributed by atoms with Gasteiger partial charge in [-0.1, -0.05) is 108 Å². The Balaban J connectivity index is 0.741. The molecular weight excluding hydrogens is 1020 g/mol. The number of methoxy groups -OCH3 is 2. The van der Waals surface area contributed by atoms with E-state index in [1.165, 1.54) is 89.9 Å². The molecule has 3 amide bonds. The number of nitrogens with zero attached hydrogens (tertiary/aromatic N) is 3. The van der Waals surface area contributed by atoms with Crippen LogP contribution in [0.2, 0.25) is 0 Å². The number of phenolic OH excluding ortho intramolecular Hbond substituents is 2. The van der Waals surface area contributed by atoms with Gasteiger partial charge in [0.05, 0.1) is 26.0 Å². The number of aryl methyl sites for hydroxylation is 1. The smallest absolute Gasteiger partial charge is 0.246 e. The van der Waals surface area contributed by atoms with Crippen LogP contribution in [0.4, 0.5) is 0 Å². The Kier molecular flexibility index (Phi) is 22.7. The van der Waals surface area contributed by atoms with Gasteiger partial charge in [-0.3, -0.25) is 23.9 Å². The van der Waals surface area contributed by atoms with Gasteiger partial charge in [-0.15, -0.1) is 5.10 Å². The molecule has 442 valence electrons. The first kappa shape index (κ1) is 62.2. The molecule has 0 spiro atoms. The molecule has 1 aromatic heterocycles. The number of carbonyl (C=O) groups is 4. The molecule has 0 aliphatic heterocycles. The number of aliphatic hydroxyl groups excluding tert-OH is 1. The molecule has 81 heavy (non-hydrogen) atoms. The van der Waals surface area contributed by atoms with Gasteiger partial charge in [0.25, 0.3) is 0 Å². The minimum atomic E-state index is -0.464. The van der Waals surface area contributed by atoms with Crippen molar-refractivity contribution in [3.63, 3.8) is 0 Å². The Morgan fingerprint density at radius 2 is 1.42 bits per heavy atom. The van der Waals surface area contributed by atoms with E-state index < -0.39 is 5.78 Å². The van der Waals surface area contributed by atoms with Gasteiger partial charge in [-0.25, -0.2) is 0 Å². The summed E-state index contributed by atoms with van der Waals surface area (Å²) in [5.74, 6) is 3.95. The first-order valence-corrected chi connectivity index (χ1v) is 30.0. The highest BCUT2D eigenvalue weighted by molar-refractivity contribution is 6.07. The number of allylic oxidation sites excluding steroid dienone is 4. The van der Waals surface area contributed by atoms with E-state index in [1.807, 2.05) is 0 Å². The molecule has 7 rings (SSSR count). The molecular formula is C65H92N6O10. The molecule has 3 fully saturated rings. The van der Waals surface area contributed by atoms with Crippen LogP contribution in [0.5, 0.6) is 23.0 Å². The summed E-state index contributed by atoms with van der Waals surface area (Å²) >= 11 is 0. The maximum atomic E-state index is 13.6. The van der Waals surface area contributed by atoms with E-state index in [0.717, 1.165) is 80.5 Å². The van der Waals surface area contributed by atoms with Gasteiger partial charge in [-0.2, -0.15) is 0 Å². The molecule has 8 atom stereocenters. The molecule has 0 radical (unpaired) electrons. The third kappa shape index (κ3) is 16.8. The lowest BCUT2D eigenvalue weighted by Crippen LogP contribution is -2.51. The summed E-state index contributed by atoms with van der Waals surface area (Å²) in [5, 5.41) is 48.2. The first-order valence-electron chi connectivity index (χ1n) is 30.0. The number of nitrogens with one attached hydrogen (secondary N) is 3. The van der Waals surface area contributed by atoms with Gasteiger partial charge in [0.2, 0.25) is 17.7 Å². The van der Waals surface area contributed by atoms with Crippen molar-refractivity contribution in [2.75, 3.05) is 40.5 Å². The zero-order valence-corrected chi connectivity index (χ0v) is 49.3. The fraction of sp³-hybridized carbons (Fsp3) is 0.600. The number of aromatic hydroxyl groups is 2. The standard InChI is InChI=1S/C65H92N6O10/c1-43(2)13-12-14-44(3)52-21-22-53-50-20-19-47-39-49(27-31-64(47,4)54(50)28-32-65(52,53)5)81-42-63(78)68-35-30-62(77)67-34-29-61(76)66-33-10-8-9-11-36-71-41-48(69-70-71)40-51(55(72)23-15-45-17-25-57(74)59(37-45)79-6)56(73)24-16-46-18-26-58(75)60(38-46)80-7/h15-19,23-26,37-38,41,43-44,49-50,52-54,72,74-75H,8-14,20-22,27-36,39-40,42H2,1-7H3,(H,66,76)(H,67,77)(H,68,78)/b23-15+,24-16+,55-51+/t44-,49+,50+,52-,53+,54+,64+,65-/m1/s1. The second-order valence-electron chi connectivity index (χ2n) is 24.3. The summed E-state index contributed by atoms with van der Waals surface area (Å²) in [6.45, 7) is 13.9. The number of aromatic nitrogens is 3. The lowest BCUT2D eigenvalue weighted by molar-refractivity contribution is -0.129. The Morgan fingerprint density at radius 3 is 2.10 bits per heavy atom. The molecule has 0 unspecified atom stereocenters. The maximum Gasteiger partial charge on any atom is 0.246 e. The second kappa shape index (κ2) is 29.5. The number of amides is 3. The molecule has 3 saturated carbocycles. The summed E-state index contributed by atoms with van der Waals surface area (Å²) < 4.78 is 18.3. The molecule has 0 bridgehead atoms. The maximum absolute atomic E-state index is 13.6. The molecule has 16 nitrogen and oxygen atoms in total. The Labute approximate surface area is 480 Å². The lowest BCUT2D eigenvalue weighted by Gasteiger charge is -2.58. The van der Waals surface area contributed by atoms with E-state index in [4.69, 9.17) is 14.2 Å². The number of ketones is 1. The Morgan fingerprint density at radius 1 is 0.765 bits per heavy atom. The highest BCUT2D eigenvalue weighted by atomic mass is 16.5. The highest BCUT2D eigenvalue weighted by Crippen LogP contribution is 2.67. The minimum absolute atomic E-state index is 0.00672. The van der Waals surface area contributed by atoms with Crippen molar-refractivity contribution in [2.45, 2.75) is 163 Å². The summed E-state index contributed by atoms with van der Waals surface area (Å²) in [4.78, 5) is 51.4. The lowest BCUT2D eigenvalue weighted by atomic mass is 9.47. The summed E-state index contributed by atoms with van der Waals surface area (Å²) in [6.07, 6.45) is 27.6. The van der Waals surface area contributed by atoms with Gasteiger partial charge in [0.1, 0.15) is 12.4 Å². The number of carbonyl (C=O) groups excluding carboxylic acids is 4.